The fourth-order valence-electron chi connectivity index (χ4n) is 1.74. The largest absolute Gasteiger partial charge is 0.496 e. The molecule has 82 valence electrons. The van der Waals surface area contributed by atoms with Gasteiger partial charge in [-0.25, -0.2) is 0 Å². The van der Waals surface area contributed by atoms with Crippen molar-refractivity contribution in [2.75, 3.05) is 7.11 Å². The van der Waals surface area contributed by atoms with Crippen LogP contribution in [0.25, 0.3) is 0 Å². The van der Waals surface area contributed by atoms with Crippen LogP contribution in [0.5, 0.6) is 5.75 Å². The van der Waals surface area contributed by atoms with Gasteiger partial charge in [0, 0.05) is 23.9 Å². The van der Waals surface area contributed by atoms with Gasteiger partial charge in [0.2, 0.25) is 0 Å². The zero-order chi connectivity index (χ0) is 11.4. The molecule has 1 aromatic carbocycles. The second kappa shape index (κ2) is 4.79. The SMILES string of the molecule is COc1ccccc1Cc1cc(C)ccn1. The molecule has 0 bridgehead atoms. The average Bonchev–Trinajstić information content (AvgIpc) is 2.30. The Balaban J connectivity index is 2.26. The van der Waals surface area contributed by atoms with E-state index < -0.39 is 0 Å². The van der Waals surface area contributed by atoms with Crippen LogP contribution in [0, 0.1) is 6.92 Å². The highest BCUT2D eigenvalue weighted by Crippen LogP contribution is 2.20. The van der Waals surface area contributed by atoms with Crippen molar-refractivity contribution in [2.24, 2.45) is 0 Å². The Labute approximate surface area is 95.9 Å². The van der Waals surface area contributed by atoms with E-state index in [4.69, 9.17) is 4.74 Å². The van der Waals surface area contributed by atoms with E-state index in [0.717, 1.165) is 17.9 Å². The molecule has 1 aromatic heterocycles. The first-order valence-corrected chi connectivity index (χ1v) is 5.33. The minimum atomic E-state index is 0.811. The molecule has 2 aromatic rings. The lowest BCUT2D eigenvalue weighted by molar-refractivity contribution is 0.410. The smallest absolute Gasteiger partial charge is 0.122 e. The van der Waals surface area contributed by atoms with E-state index in [-0.39, 0.29) is 0 Å². The number of nitrogens with zero attached hydrogens (tertiary/aromatic N) is 1. The first-order valence-electron chi connectivity index (χ1n) is 5.33. The number of methoxy groups -OCH3 is 1. The number of para-hydroxylation sites is 1. The third kappa shape index (κ3) is 2.40. The molecule has 0 aliphatic carbocycles. The van der Waals surface area contributed by atoms with Crippen LogP contribution in [0.2, 0.25) is 0 Å². The van der Waals surface area contributed by atoms with Crippen molar-refractivity contribution >= 4 is 0 Å². The van der Waals surface area contributed by atoms with Crippen LogP contribution in [-0.4, -0.2) is 12.1 Å². The van der Waals surface area contributed by atoms with E-state index in [2.05, 4.69) is 24.0 Å². The summed E-state index contributed by atoms with van der Waals surface area (Å²) in [7, 11) is 1.70. The highest BCUT2D eigenvalue weighted by Gasteiger charge is 2.03. The normalized spacial score (nSPS) is 10.1. The first-order chi connectivity index (χ1) is 7.79. The summed E-state index contributed by atoms with van der Waals surface area (Å²) in [6.07, 6.45) is 2.66. The summed E-state index contributed by atoms with van der Waals surface area (Å²) in [4.78, 5) is 4.35. The standard InChI is InChI=1S/C14H15NO/c1-11-7-8-15-13(9-11)10-12-5-3-4-6-14(12)16-2/h3-9H,10H2,1-2H3. The number of benzene rings is 1. The predicted molar refractivity (Wildman–Crippen MR) is 64.8 cm³/mol. The zero-order valence-electron chi connectivity index (χ0n) is 9.60. The molecule has 0 atom stereocenters. The van der Waals surface area contributed by atoms with Gasteiger partial charge in [0.15, 0.2) is 0 Å². The molecule has 2 heteroatoms. The van der Waals surface area contributed by atoms with Crippen LogP contribution in [0.15, 0.2) is 42.6 Å². The molecule has 0 aliphatic heterocycles. The summed E-state index contributed by atoms with van der Waals surface area (Å²) in [5.74, 6) is 0.922. The molecule has 0 amide bonds. The lowest BCUT2D eigenvalue weighted by atomic mass is 10.1. The van der Waals surface area contributed by atoms with E-state index in [1.165, 1.54) is 11.1 Å². The second-order valence-corrected chi connectivity index (χ2v) is 3.81. The van der Waals surface area contributed by atoms with Gasteiger partial charge < -0.3 is 4.74 Å². The number of rotatable bonds is 3. The van der Waals surface area contributed by atoms with Gasteiger partial charge in [-0.1, -0.05) is 18.2 Å². The second-order valence-electron chi connectivity index (χ2n) is 3.81. The van der Waals surface area contributed by atoms with Crippen molar-refractivity contribution in [1.29, 1.82) is 0 Å². The topological polar surface area (TPSA) is 22.1 Å². The number of aromatic nitrogens is 1. The van der Waals surface area contributed by atoms with Gasteiger partial charge >= 0.3 is 0 Å². The van der Waals surface area contributed by atoms with Gasteiger partial charge in [0.25, 0.3) is 0 Å². The van der Waals surface area contributed by atoms with E-state index in [1.54, 1.807) is 7.11 Å². The third-order valence-corrected chi connectivity index (χ3v) is 2.54. The Morgan fingerprint density at radius 1 is 1.19 bits per heavy atom. The number of pyridine rings is 1. The van der Waals surface area contributed by atoms with Crippen molar-refractivity contribution in [3.8, 4) is 5.75 Å². The average molecular weight is 213 g/mol. The Bertz CT molecular complexity index is 480. The van der Waals surface area contributed by atoms with Crippen LogP contribution in [0.3, 0.4) is 0 Å². The molecule has 0 spiro atoms. The Kier molecular flexibility index (Phi) is 3.20. The Hall–Kier alpha value is -1.83. The minimum absolute atomic E-state index is 0.811. The number of hydrogen-bond donors (Lipinski definition) is 0. The fraction of sp³-hybridized carbons (Fsp3) is 0.214. The molecule has 0 saturated carbocycles. The lowest BCUT2D eigenvalue weighted by Crippen LogP contribution is -1.95. The van der Waals surface area contributed by atoms with Gasteiger partial charge in [-0.3, -0.25) is 4.98 Å². The monoisotopic (exact) mass is 213 g/mol. The maximum absolute atomic E-state index is 5.32. The van der Waals surface area contributed by atoms with Crippen LogP contribution in [-0.2, 0) is 6.42 Å². The minimum Gasteiger partial charge on any atom is -0.496 e. The van der Waals surface area contributed by atoms with E-state index in [1.807, 2.05) is 30.5 Å². The van der Waals surface area contributed by atoms with Crippen molar-refractivity contribution in [2.45, 2.75) is 13.3 Å². The molecule has 0 fully saturated rings. The Morgan fingerprint density at radius 2 is 2.00 bits per heavy atom. The molecular formula is C14H15NO. The van der Waals surface area contributed by atoms with Gasteiger partial charge in [-0.2, -0.15) is 0 Å². The first kappa shape index (κ1) is 10.7. The van der Waals surface area contributed by atoms with Crippen molar-refractivity contribution < 1.29 is 4.74 Å². The molecule has 2 nitrogen and oxygen atoms in total. The quantitative estimate of drug-likeness (QED) is 0.782. The van der Waals surface area contributed by atoms with Gasteiger partial charge in [-0.05, 0) is 30.7 Å². The Morgan fingerprint density at radius 3 is 2.75 bits per heavy atom. The van der Waals surface area contributed by atoms with E-state index in [9.17, 15) is 0 Å². The number of ether oxygens (including phenoxy) is 1. The zero-order valence-corrected chi connectivity index (χ0v) is 9.60. The maximum Gasteiger partial charge on any atom is 0.122 e. The van der Waals surface area contributed by atoms with E-state index >= 15 is 0 Å². The highest BCUT2D eigenvalue weighted by molar-refractivity contribution is 5.36. The van der Waals surface area contributed by atoms with Crippen molar-refractivity contribution in [3.63, 3.8) is 0 Å². The molecule has 0 N–H and O–H groups in total. The number of aryl methyl sites for hydroxylation is 1. The molecule has 0 aliphatic rings. The lowest BCUT2D eigenvalue weighted by Gasteiger charge is -2.07. The summed E-state index contributed by atoms with van der Waals surface area (Å²) < 4.78 is 5.32. The summed E-state index contributed by atoms with van der Waals surface area (Å²) >= 11 is 0. The number of hydrogen-bond acceptors (Lipinski definition) is 2. The molecular weight excluding hydrogens is 198 g/mol. The third-order valence-electron chi connectivity index (χ3n) is 2.54. The molecule has 2 rings (SSSR count). The molecule has 0 unspecified atom stereocenters. The highest BCUT2D eigenvalue weighted by atomic mass is 16.5. The summed E-state index contributed by atoms with van der Waals surface area (Å²) in [6.45, 7) is 2.08. The molecule has 16 heavy (non-hydrogen) atoms. The van der Waals surface area contributed by atoms with Gasteiger partial charge in [-0.15, -0.1) is 0 Å². The van der Waals surface area contributed by atoms with Crippen LogP contribution in [0.4, 0.5) is 0 Å². The van der Waals surface area contributed by atoms with Crippen LogP contribution in [0.1, 0.15) is 16.8 Å². The fourth-order valence-corrected chi connectivity index (χ4v) is 1.74. The predicted octanol–water partition coefficient (Wildman–Crippen LogP) is 2.99. The maximum atomic E-state index is 5.32. The van der Waals surface area contributed by atoms with Gasteiger partial charge in [0.1, 0.15) is 5.75 Å². The van der Waals surface area contributed by atoms with Crippen LogP contribution < -0.4 is 4.74 Å². The van der Waals surface area contributed by atoms with E-state index in [0.29, 0.717) is 0 Å². The molecule has 0 saturated heterocycles. The van der Waals surface area contributed by atoms with Crippen molar-refractivity contribution in [1.82, 2.24) is 4.98 Å². The molecule has 0 radical (unpaired) electrons. The summed E-state index contributed by atoms with van der Waals surface area (Å²) in [6, 6.07) is 12.2. The van der Waals surface area contributed by atoms with Crippen LogP contribution >= 0.6 is 0 Å². The van der Waals surface area contributed by atoms with Crippen molar-refractivity contribution in [3.05, 3.63) is 59.4 Å². The van der Waals surface area contributed by atoms with Gasteiger partial charge in [0.05, 0.1) is 7.11 Å². The summed E-state index contributed by atoms with van der Waals surface area (Å²) in [5, 5.41) is 0. The molecule has 1 heterocycles. The summed E-state index contributed by atoms with van der Waals surface area (Å²) in [5.41, 5.74) is 3.48.